The Hall–Kier alpha value is -1.11. The molecule has 26 heavy (non-hydrogen) atoms. The van der Waals surface area contributed by atoms with Crippen LogP contribution in [0.2, 0.25) is 0 Å². The van der Waals surface area contributed by atoms with Gasteiger partial charge < -0.3 is 18.9 Å². The number of hydrogen-bond acceptors (Lipinski definition) is 5. The topological polar surface area (TPSA) is 57.2 Å². The Morgan fingerprint density at radius 3 is 2.31 bits per heavy atom. The van der Waals surface area contributed by atoms with Crippen LogP contribution in [0.3, 0.4) is 0 Å². The van der Waals surface area contributed by atoms with Crippen molar-refractivity contribution >= 4 is 6.09 Å². The minimum atomic E-state index is -0.862. The normalized spacial score (nSPS) is 37.8. The number of carbonyl (C=O) groups excluding carboxylic acids is 1. The first-order chi connectivity index (χ1) is 11.9. The largest absolute Gasteiger partial charge is 0.444 e. The molecular weight excluding hydrogens is 334 g/mol. The van der Waals surface area contributed by atoms with Crippen LogP contribution in [-0.2, 0) is 18.9 Å². The highest BCUT2D eigenvalue weighted by molar-refractivity contribution is 5.70. The number of carbonyl (C=O) groups is 1. The van der Waals surface area contributed by atoms with E-state index >= 15 is 0 Å². The van der Waals surface area contributed by atoms with Crippen LogP contribution in [0.25, 0.3) is 0 Å². The third kappa shape index (κ3) is 2.96. The van der Waals surface area contributed by atoms with Crippen LogP contribution in [0, 0.1) is 5.92 Å². The summed E-state index contributed by atoms with van der Waals surface area (Å²) in [6.07, 6.45) is 2.99. The molecule has 148 valence electrons. The monoisotopic (exact) mass is 367 g/mol. The maximum Gasteiger partial charge on any atom is 0.410 e. The molecule has 6 heteroatoms. The number of amides is 1. The van der Waals surface area contributed by atoms with E-state index in [2.05, 4.69) is 6.58 Å². The highest BCUT2D eigenvalue weighted by atomic mass is 16.7. The SMILES string of the molecule is C=C[C@@H]1[C@H]2O[C@](C)(OC)C(C)(C)O[C@@H]2CN(C(=O)OC(C)(C)C)C12CC2. The summed E-state index contributed by atoms with van der Waals surface area (Å²) < 4.78 is 24.2. The van der Waals surface area contributed by atoms with E-state index in [0.29, 0.717) is 6.54 Å². The van der Waals surface area contributed by atoms with E-state index in [-0.39, 0.29) is 29.8 Å². The minimum absolute atomic E-state index is 0.0284. The average Bonchev–Trinajstić information content (AvgIpc) is 3.28. The molecule has 0 radical (unpaired) electrons. The lowest BCUT2D eigenvalue weighted by Crippen LogP contribution is -2.71. The Morgan fingerprint density at radius 2 is 1.85 bits per heavy atom. The molecule has 2 heterocycles. The molecule has 0 N–H and O–H groups in total. The van der Waals surface area contributed by atoms with E-state index in [1.807, 2.05) is 52.5 Å². The number of likely N-dealkylation sites (tertiary alicyclic amines) is 1. The summed E-state index contributed by atoms with van der Waals surface area (Å²) in [7, 11) is 1.64. The lowest BCUT2D eigenvalue weighted by molar-refractivity contribution is -0.394. The van der Waals surface area contributed by atoms with Crippen molar-refractivity contribution in [3.8, 4) is 0 Å². The number of ether oxygens (including phenoxy) is 4. The van der Waals surface area contributed by atoms with Crippen molar-refractivity contribution in [3.05, 3.63) is 12.7 Å². The molecule has 0 bridgehead atoms. The van der Waals surface area contributed by atoms with E-state index in [1.165, 1.54) is 0 Å². The molecule has 1 spiro atoms. The highest BCUT2D eigenvalue weighted by Gasteiger charge is 2.66. The van der Waals surface area contributed by atoms with Gasteiger partial charge in [-0.2, -0.15) is 0 Å². The van der Waals surface area contributed by atoms with Gasteiger partial charge in [-0.3, -0.25) is 4.90 Å². The van der Waals surface area contributed by atoms with Gasteiger partial charge in [0.05, 0.1) is 18.2 Å². The standard InChI is InChI=1S/C20H33NO5/c1-9-13-15-14(24-18(5,6)19(7,23-8)25-15)12-21(20(13)10-11-20)16(22)26-17(2,3)4/h9,13-15H,1,10-12H2,2-8H3/t13-,14-,15-,19+/m1/s1. The summed E-state index contributed by atoms with van der Waals surface area (Å²) in [6, 6.07) is 0. The molecule has 0 aromatic heterocycles. The van der Waals surface area contributed by atoms with Gasteiger partial charge in [0, 0.05) is 13.0 Å². The van der Waals surface area contributed by atoms with Crippen molar-refractivity contribution < 1.29 is 23.7 Å². The van der Waals surface area contributed by atoms with E-state index in [1.54, 1.807) is 7.11 Å². The van der Waals surface area contributed by atoms with Crippen LogP contribution < -0.4 is 0 Å². The average molecular weight is 367 g/mol. The number of nitrogens with zero attached hydrogens (tertiary/aromatic N) is 1. The van der Waals surface area contributed by atoms with Gasteiger partial charge >= 0.3 is 6.09 Å². The zero-order valence-electron chi connectivity index (χ0n) is 17.1. The number of hydrogen-bond donors (Lipinski definition) is 0. The molecule has 0 aromatic rings. The predicted molar refractivity (Wildman–Crippen MR) is 97.8 cm³/mol. The second kappa shape index (κ2) is 5.94. The molecule has 3 aliphatic rings. The fourth-order valence-corrected chi connectivity index (χ4v) is 4.28. The molecule has 1 saturated carbocycles. The molecule has 1 amide bonds. The van der Waals surface area contributed by atoms with Crippen molar-refractivity contribution in [3.63, 3.8) is 0 Å². The molecule has 2 aliphatic heterocycles. The Bertz CT molecular complexity index is 591. The Balaban J connectivity index is 1.91. The molecular formula is C20H33NO5. The van der Waals surface area contributed by atoms with Crippen LogP contribution in [0.5, 0.6) is 0 Å². The van der Waals surface area contributed by atoms with Crippen molar-refractivity contribution in [2.45, 2.75) is 89.1 Å². The number of piperidine rings is 1. The molecule has 4 atom stereocenters. The second-order valence-electron chi connectivity index (χ2n) is 9.35. The van der Waals surface area contributed by atoms with Crippen LogP contribution in [0.4, 0.5) is 4.79 Å². The molecule has 6 nitrogen and oxygen atoms in total. The first-order valence-corrected chi connectivity index (χ1v) is 9.43. The molecule has 2 saturated heterocycles. The van der Waals surface area contributed by atoms with Crippen molar-refractivity contribution in [2.24, 2.45) is 5.92 Å². The number of rotatable bonds is 2. The van der Waals surface area contributed by atoms with E-state index < -0.39 is 17.0 Å². The molecule has 0 aromatic carbocycles. The molecule has 3 fully saturated rings. The van der Waals surface area contributed by atoms with Gasteiger partial charge in [0.25, 0.3) is 0 Å². The minimum Gasteiger partial charge on any atom is -0.444 e. The maximum absolute atomic E-state index is 12.9. The summed E-state index contributed by atoms with van der Waals surface area (Å²) in [5.41, 5.74) is -1.47. The summed E-state index contributed by atoms with van der Waals surface area (Å²) in [6.45, 7) is 16.0. The smallest absolute Gasteiger partial charge is 0.410 e. The maximum atomic E-state index is 12.9. The van der Waals surface area contributed by atoms with Crippen LogP contribution in [0.1, 0.15) is 54.4 Å². The Kier molecular flexibility index (Phi) is 4.49. The third-order valence-electron chi connectivity index (χ3n) is 6.16. The molecule has 0 unspecified atom stereocenters. The van der Waals surface area contributed by atoms with Crippen molar-refractivity contribution in [1.29, 1.82) is 0 Å². The predicted octanol–water partition coefficient (Wildman–Crippen LogP) is 3.50. The van der Waals surface area contributed by atoms with Gasteiger partial charge in [-0.05, 0) is 54.4 Å². The number of methoxy groups -OCH3 is 1. The molecule has 3 rings (SSSR count). The van der Waals surface area contributed by atoms with E-state index in [9.17, 15) is 4.79 Å². The van der Waals surface area contributed by atoms with Crippen molar-refractivity contribution in [1.82, 2.24) is 4.90 Å². The van der Waals surface area contributed by atoms with Gasteiger partial charge in [-0.1, -0.05) is 6.08 Å². The van der Waals surface area contributed by atoms with E-state index in [0.717, 1.165) is 12.8 Å². The fraction of sp³-hybridized carbons (Fsp3) is 0.850. The number of fused-ring (bicyclic) bond motifs is 1. The van der Waals surface area contributed by atoms with E-state index in [4.69, 9.17) is 18.9 Å². The zero-order valence-corrected chi connectivity index (χ0v) is 17.1. The van der Waals surface area contributed by atoms with Gasteiger partial charge in [0.2, 0.25) is 0 Å². The molecule has 1 aliphatic carbocycles. The summed E-state index contributed by atoms with van der Waals surface area (Å²) >= 11 is 0. The van der Waals surface area contributed by atoms with Crippen molar-refractivity contribution in [2.75, 3.05) is 13.7 Å². The first-order valence-electron chi connectivity index (χ1n) is 9.43. The zero-order chi connectivity index (χ0) is 19.5. The van der Waals surface area contributed by atoms with Gasteiger partial charge in [0.1, 0.15) is 17.3 Å². The van der Waals surface area contributed by atoms with Crippen LogP contribution >= 0.6 is 0 Å². The van der Waals surface area contributed by atoms with Gasteiger partial charge in [0.15, 0.2) is 5.79 Å². The summed E-state index contributed by atoms with van der Waals surface area (Å²) in [5, 5.41) is 0. The lowest BCUT2D eigenvalue weighted by atomic mass is 9.80. The van der Waals surface area contributed by atoms with Crippen LogP contribution in [-0.4, -0.2) is 59.4 Å². The highest BCUT2D eigenvalue weighted by Crippen LogP contribution is 2.56. The lowest BCUT2D eigenvalue weighted by Gasteiger charge is -2.58. The Morgan fingerprint density at radius 1 is 1.23 bits per heavy atom. The Labute approximate surface area is 156 Å². The quantitative estimate of drug-likeness (QED) is 0.699. The van der Waals surface area contributed by atoms with Crippen LogP contribution in [0.15, 0.2) is 12.7 Å². The third-order valence-corrected chi connectivity index (χ3v) is 6.16. The fourth-order valence-electron chi connectivity index (χ4n) is 4.28. The first kappa shape index (κ1) is 19.6. The van der Waals surface area contributed by atoms with Gasteiger partial charge in [-0.15, -0.1) is 6.58 Å². The second-order valence-corrected chi connectivity index (χ2v) is 9.35. The summed E-state index contributed by atoms with van der Waals surface area (Å²) in [5.74, 6) is -0.890. The van der Waals surface area contributed by atoms with Gasteiger partial charge in [-0.25, -0.2) is 4.79 Å². The summed E-state index contributed by atoms with van der Waals surface area (Å²) in [4.78, 5) is 14.7.